The Morgan fingerprint density at radius 2 is 2.21 bits per heavy atom. The van der Waals surface area contributed by atoms with Crippen molar-refractivity contribution in [1.29, 1.82) is 0 Å². The zero-order valence-electron chi connectivity index (χ0n) is 10.8. The minimum Gasteiger partial charge on any atom is -0.425 e. The number of likely N-dealkylation sites (N-methyl/N-ethyl adjacent to an activating group) is 1. The van der Waals surface area contributed by atoms with Gasteiger partial charge in [0.15, 0.2) is 0 Å². The third-order valence-corrected chi connectivity index (χ3v) is 5.94. The van der Waals surface area contributed by atoms with Crippen LogP contribution >= 0.6 is 11.3 Å². The van der Waals surface area contributed by atoms with Crippen LogP contribution in [0.1, 0.15) is 26.9 Å². The molecule has 1 aromatic heterocycles. The van der Waals surface area contributed by atoms with Crippen molar-refractivity contribution < 1.29 is 8.68 Å². The minimum absolute atomic E-state index is 0.0127. The van der Waals surface area contributed by atoms with Crippen LogP contribution in [0.15, 0.2) is 0 Å². The van der Waals surface area contributed by atoms with Gasteiger partial charge in [0.05, 0.1) is 6.54 Å². The number of rotatable bonds is 1. The van der Waals surface area contributed by atoms with E-state index in [1.165, 1.54) is 25.9 Å². The first-order valence-corrected chi connectivity index (χ1v) is 7.74. The summed E-state index contributed by atoms with van der Waals surface area (Å²) in [5.41, 5.74) is 2.84. The SMILES string of the molecule is CN1CCc2sc3c(c2C1)CN1CC3N([O][Al])C1=O. The van der Waals surface area contributed by atoms with E-state index >= 15 is 0 Å². The molecule has 1 saturated heterocycles. The van der Waals surface area contributed by atoms with E-state index in [0.29, 0.717) is 0 Å². The van der Waals surface area contributed by atoms with Crippen LogP contribution < -0.4 is 0 Å². The van der Waals surface area contributed by atoms with Crippen LogP contribution in [0.25, 0.3) is 0 Å². The average molecular weight is 291 g/mol. The molecule has 4 rings (SSSR count). The molecule has 0 saturated carbocycles. The summed E-state index contributed by atoms with van der Waals surface area (Å²) in [5, 5.41) is 1.50. The lowest BCUT2D eigenvalue weighted by molar-refractivity contribution is -0.0194. The molecule has 19 heavy (non-hydrogen) atoms. The Balaban J connectivity index is 1.81. The number of thiophene rings is 1. The zero-order valence-corrected chi connectivity index (χ0v) is 12.7. The number of hydrogen-bond acceptors (Lipinski definition) is 4. The highest BCUT2D eigenvalue weighted by atomic mass is 32.1. The Morgan fingerprint density at radius 3 is 3.00 bits per heavy atom. The van der Waals surface area contributed by atoms with Gasteiger partial charge in [-0.1, -0.05) is 0 Å². The molecule has 0 aliphatic carbocycles. The van der Waals surface area contributed by atoms with Gasteiger partial charge in [0, 0.05) is 29.4 Å². The van der Waals surface area contributed by atoms with E-state index < -0.39 is 0 Å². The molecule has 3 aliphatic rings. The Hall–Kier alpha value is -0.578. The Bertz CT molecular complexity index is 561. The monoisotopic (exact) mass is 291 g/mol. The quantitative estimate of drug-likeness (QED) is 0.726. The normalized spacial score (nSPS) is 25.7. The fourth-order valence-corrected chi connectivity index (χ4v) is 4.93. The van der Waals surface area contributed by atoms with Crippen molar-refractivity contribution in [3.05, 3.63) is 20.9 Å². The Kier molecular flexibility index (Phi) is 2.70. The average Bonchev–Trinajstić information content (AvgIpc) is 2.89. The number of urea groups is 1. The molecular formula is C12H14AlN3O2S. The van der Waals surface area contributed by atoms with Gasteiger partial charge in [-0.25, -0.2) is 9.86 Å². The second-order valence-corrected chi connectivity index (χ2v) is 6.79. The maximum absolute atomic E-state index is 12.1. The molecule has 1 unspecified atom stereocenters. The van der Waals surface area contributed by atoms with Gasteiger partial charge in [-0.15, -0.1) is 11.3 Å². The molecule has 1 atom stereocenters. The summed E-state index contributed by atoms with van der Waals surface area (Å²) in [4.78, 5) is 19.2. The first-order valence-electron chi connectivity index (χ1n) is 6.46. The molecule has 2 bridgehead atoms. The molecule has 7 heteroatoms. The van der Waals surface area contributed by atoms with E-state index in [-0.39, 0.29) is 12.1 Å². The van der Waals surface area contributed by atoms with E-state index in [1.807, 2.05) is 16.2 Å². The first kappa shape index (κ1) is 12.2. The molecule has 4 heterocycles. The summed E-state index contributed by atoms with van der Waals surface area (Å²) in [5.74, 6) is 0. The second kappa shape index (κ2) is 4.21. The molecule has 3 aliphatic heterocycles. The second-order valence-electron chi connectivity index (χ2n) is 5.44. The Morgan fingerprint density at radius 1 is 1.37 bits per heavy atom. The highest BCUT2D eigenvalue weighted by Gasteiger charge is 2.45. The van der Waals surface area contributed by atoms with E-state index in [9.17, 15) is 4.79 Å². The van der Waals surface area contributed by atoms with Gasteiger partial charge in [-0.2, -0.15) is 0 Å². The van der Waals surface area contributed by atoms with Gasteiger partial charge in [-0.3, -0.25) is 0 Å². The fourth-order valence-electron chi connectivity index (χ4n) is 3.31. The first-order chi connectivity index (χ1) is 9.19. The van der Waals surface area contributed by atoms with Gasteiger partial charge < -0.3 is 13.7 Å². The van der Waals surface area contributed by atoms with Crippen LogP contribution in [0.4, 0.5) is 4.79 Å². The minimum atomic E-state index is -0.0127. The van der Waals surface area contributed by atoms with Crippen molar-refractivity contribution >= 4 is 34.0 Å². The third kappa shape index (κ3) is 1.63. The van der Waals surface area contributed by atoms with E-state index in [1.54, 1.807) is 0 Å². The third-order valence-electron chi connectivity index (χ3n) is 4.28. The van der Waals surface area contributed by atoms with Gasteiger partial charge in [0.2, 0.25) is 0 Å². The topological polar surface area (TPSA) is 36.0 Å². The van der Waals surface area contributed by atoms with Crippen molar-refractivity contribution in [2.24, 2.45) is 0 Å². The molecule has 98 valence electrons. The van der Waals surface area contributed by atoms with Crippen LogP contribution in [-0.4, -0.2) is 57.7 Å². The van der Waals surface area contributed by atoms with Gasteiger partial charge >= 0.3 is 22.7 Å². The molecule has 1 aromatic rings. The summed E-state index contributed by atoms with van der Waals surface area (Å²) in [7, 11) is 2.16. The van der Waals surface area contributed by atoms with Crippen LogP contribution in [0.5, 0.6) is 0 Å². The van der Waals surface area contributed by atoms with Crippen LogP contribution in [-0.2, 0) is 23.4 Å². The molecule has 2 radical (unpaired) electrons. The van der Waals surface area contributed by atoms with Crippen molar-refractivity contribution in [3.63, 3.8) is 0 Å². The summed E-state index contributed by atoms with van der Waals surface area (Å²) >= 11 is 4.08. The zero-order chi connectivity index (χ0) is 13.1. The van der Waals surface area contributed by atoms with Crippen LogP contribution in [0, 0.1) is 0 Å². The fraction of sp³-hybridized carbons (Fsp3) is 0.583. The molecular weight excluding hydrogens is 277 g/mol. The summed E-state index contributed by atoms with van der Waals surface area (Å²) < 4.78 is 5.20. The summed E-state index contributed by atoms with van der Waals surface area (Å²) in [6.45, 7) is 3.64. The number of nitrogens with zero attached hydrogens (tertiary/aromatic N) is 3. The molecule has 5 nitrogen and oxygen atoms in total. The van der Waals surface area contributed by atoms with Crippen molar-refractivity contribution in [3.8, 4) is 0 Å². The van der Waals surface area contributed by atoms with Gasteiger partial charge in [0.25, 0.3) is 0 Å². The van der Waals surface area contributed by atoms with E-state index in [2.05, 4.69) is 28.6 Å². The number of hydrogen-bond donors (Lipinski definition) is 0. The lowest BCUT2D eigenvalue weighted by Crippen LogP contribution is -2.31. The maximum Gasteiger partial charge on any atom is 0.423 e. The molecule has 1 fully saturated rings. The predicted molar refractivity (Wildman–Crippen MR) is 71.6 cm³/mol. The molecule has 0 aromatic carbocycles. The highest BCUT2D eigenvalue weighted by molar-refractivity contribution is 7.12. The number of amides is 2. The van der Waals surface area contributed by atoms with Gasteiger partial charge in [-0.05, 0) is 24.6 Å². The van der Waals surface area contributed by atoms with Crippen molar-refractivity contribution in [2.45, 2.75) is 25.6 Å². The van der Waals surface area contributed by atoms with Crippen LogP contribution in [0.3, 0.4) is 0 Å². The van der Waals surface area contributed by atoms with Crippen molar-refractivity contribution in [2.75, 3.05) is 20.1 Å². The number of hydroxylamine groups is 2. The van der Waals surface area contributed by atoms with E-state index in [0.717, 1.165) is 32.6 Å². The summed E-state index contributed by atoms with van der Waals surface area (Å²) in [6, 6.07) is 0.0657. The number of carbonyl (C=O) groups excluding carboxylic acids is 1. The molecule has 2 amide bonds. The van der Waals surface area contributed by atoms with Crippen molar-refractivity contribution in [1.82, 2.24) is 14.9 Å². The summed E-state index contributed by atoms with van der Waals surface area (Å²) in [6.07, 6.45) is 1.13. The standard InChI is InChI=1S/C12H14N3O2S.Al/c1-13-3-2-10-7(4-13)8-5-14-6-9(11(8)18-10)15(17)12(14)16;/h9H,2-6H2,1H3;/q-1;+1. The van der Waals surface area contributed by atoms with Gasteiger partial charge in [0.1, 0.15) is 6.04 Å². The highest BCUT2D eigenvalue weighted by Crippen LogP contribution is 2.45. The number of fused-ring (bicyclic) bond motifs is 6. The number of carbonyl (C=O) groups is 1. The lowest BCUT2D eigenvalue weighted by atomic mass is 9.98. The maximum atomic E-state index is 12.1. The molecule has 0 N–H and O–H groups in total. The largest absolute Gasteiger partial charge is 0.425 e. The predicted octanol–water partition coefficient (Wildman–Crippen LogP) is 1.04. The van der Waals surface area contributed by atoms with Crippen LogP contribution in [0.2, 0.25) is 0 Å². The smallest absolute Gasteiger partial charge is 0.423 e. The van der Waals surface area contributed by atoms with E-state index in [4.69, 9.17) is 3.89 Å². The molecule has 0 spiro atoms. The lowest BCUT2D eigenvalue weighted by Gasteiger charge is -2.26. The Labute approximate surface area is 124 Å².